The van der Waals surface area contributed by atoms with E-state index in [4.69, 9.17) is 11.3 Å². The van der Waals surface area contributed by atoms with Gasteiger partial charge in [0.15, 0.2) is 5.75 Å². The summed E-state index contributed by atoms with van der Waals surface area (Å²) in [5.74, 6) is 1.37. The van der Waals surface area contributed by atoms with Crippen molar-refractivity contribution >= 4 is 23.2 Å². The molecule has 0 bridgehead atoms. The lowest BCUT2D eigenvalue weighted by molar-refractivity contribution is -0.131. The number of carbonyl (C=O) groups is 1. The molecule has 3 aromatic rings. The zero-order valence-corrected chi connectivity index (χ0v) is 19.3. The Kier molecular flexibility index (Phi) is 5.85. The van der Waals surface area contributed by atoms with E-state index in [0.29, 0.717) is 35.1 Å². The molecule has 180 valence electrons. The summed E-state index contributed by atoms with van der Waals surface area (Å²) in [6, 6.07) is 6.95. The van der Waals surface area contributed by atoms with E-state index < -0.39 is 0 Å². The van der Waals surface area contributed by atoms with Gasteiger partial charge in [0, 0.05) is 25.6 Å². The molecule has 5 rings (SSSR count). The molecule has 0 radical (unpaired) electrons. The molecule has 0 spiro atoms. The summed E-state index contributed by atoms with van der Waals surface area (Å²) in [7, 11) is 4.98. The first-order chi connectivity index (χ1) is 17.0. The fourth-order valence-corrected chi connectivity index (χ4v) is 4.50. The summed E-state index contributed by atoms with van der Waals surface area (Å²) in [6.07, 6.45) is 1.33. The van der Waals surface area contributed by atoms with Crippen LogP contribution in [0.25, 0.3) is 16.2 Å². The fourth-order valence-electron chi connectivity index (χ4n) is 4.50. The van der Waals surface area contributed by atoms with Crippen LogP contribution in [0.2, 0.25) is 0 Å². The number of rotatable bonds is 6. The molecule has 2 aromatic heterocycles. The molecule has 4 atom stereocenters. The summed E-state index contributed by atoms with van der Waals surface area (Å²) in [4.78, 5) is 25.9. The number of aryl methyl sites for hydroxylation is 1. The van der Waals surface area contributed by atoms with Crippen LogP contribution in [0.3, 0.4) is 0 Å². The maximum absolute atomic E-state index is 13.0. The molecular formula is C21H24N12O2. The number of anilines is 2. The van der Waals surface area contributed by atoms with Gasteiger partial charge in [-0.15, -0.1) is 15.2 Å². The topological polar surface area (TPSA) is 151 Å². The third kappa shape index (κ3) is 4.29. The molecule has 4 N–H and O–H groups in total. The van der Waals surface area contributed by atoms with E-state index in [-0.39, 0.29) is 36.0 Å². The van der Waals surface area contributed by atoms with Crippen molar-refractivity contribution in [1.29, 1.82) is 0 Å². The van der Waals surface area contributed by atoms with Gasteiger partial charge in [-0.2, -0.15) is 9.78 Å². The maximum Gasteiger partial charge on any atom is 0.274 e. The summed E-state index contributed by atoms with van der Waals surface area (Å²) in [6.45, 7) is 7.18. The van der Waals surface area contributed by atoms with Gasteiger partial charge in [0.05, 0.1) is 43.7 Å². The van der Waals surface area contributed by atoms with Gasteiger partial charge < -0.3 is 20.2 Å². The SMILES string of the molecule is [C-]#[N+]c1cc(NC2CC(Nc3cccc(-c4nnn(C)n4)c3OC)C3C(=O)N(C)NC3N2)ncn1. The van der Waals surface area contributed by atoms with Gasteiger partial charge in [-0.3, -0.25) is 15.1 Å². The van der Waals surface area contributed by atoms with Crippen molar-refractivity contribution in [3.8, 4) is 17.1 Å². The number of ether oxygens (including phenoxy) is 1. The number of hydrogen-bond acceptors (Lipinski definition) is 11. The van der Waals surface area contributed by atoms with Crippen molar-refractivity contribution in [3.63, 3.8) is 0 Å². The van der Waals surface area contributed by atoms with Crippen LogP contribution in [0.1, 0.15) is 6.42 Å². The van der Waals surface area contributed by atoms with E-state index in [9.17, 15) is 4.79 Å². The Labute approximate surface area is 200 Å². The Morgan fingerprint density at radius 1 is 1.26 bits per heavy atom. The van der Waals surface area contributed by atoms with Crippen molar-refractivity contribution in [2.24, 2.45) is 13.0 Å². The molecule has 2 fully saturated rings. The van der Waals surface area contributed by atoms with Crippen molar-refractivity contribution in [3.05, 3.63) is 42.0 Å². The number of hydrogen-bond donors (Lipinski definition) is 4. The van der Waals surface area contributed by atoms with E-state index in [1.165, 1.54) is 16.1 Å². The van der Waals surface area contributed by atoms with Crippen LogP contribution in [0.5, 0.6) is 5.75 Å². The molecule has 1 aromatic carbocycles. The number of hydrazine groups is 1. The lowest BCUT2D eigenvalue weighted by Crippen LogP contribution is -2.60. The van der Waals surface area contributed by atoms with Crippen LogP contribution in [0.15, 0.2) is 30.6 Å². The van der Waals surface area contributed by atoms with Gasteiger partial charge in [0.2, 0.25) is 18.1 Å². The fraction of sp³-hybridized carbons (Fsp3) is 0.381. The third-order valence-electron chi connectivity index (χ3n) is 6.01. The van der Waals surface area contributed by atoms with Gasteiger partial charge in [-0.25, -0.2) is 5.43 Å². The Morgan fingerprint density at radius 3 is 2.86 bits per heavy atom. The first-order valence-corrected chi connectivity index (χ1v) is 10.9. The Hall–Kier alpha value is -4.35. The molecule has 4 unspecified atom stereocenters. The zero-order chi connectivity index (χ0) is 24.5. The largest absolute Gasteiger partial charge is 0.494 e. The molecule has 0 aliphatic carbocycles. The van der Waals surface area contributed by atoms with Gasteiger partial charge in [0.25, 0.3) is 5.82 Å². The van der Waals surface area contributed by atoms with Gasteiger partial charge in [0.1, 0.15) is 5.82 Å². The number of carbonyl (C=O) groups excluding carboxylic acids is 1. The predicted octanol–water partition coefficient (Wildman–Crippen LogP) is 0.357. The standard InChI is InChI=1S/C21H24N12O2/c1-22-14-9-15(24-10-23-14)26-16-8-13(17-20(27-16)29-32(2)21(17)34)25-12-7-5-6-11(18(12)35-4)19-28-31-33(3)30-19/h5-7,9-10,13,16-17,20,25,27,29H,8H2,2-4H3,(H,23,24,26). The highest BCUT2D eigenvalue weighted by Crippen LogP contribution is 2.37. The number of nitrogens with one attached hydrogen (secondary N) is 4. The smallest absolute Gasteiger partial charge is 0.274 e. The molecule has 35 heavy (non-hydrogen) atoms. The second-order valence-corrected chi connectivity index (χ2v) is 8.24. The van der Waals surface area contributed by atoms with Crippen LogP contribution < -0.4 is 26.1 Å². The molecule has 1 amide bonds. The highest BCUT2D eigenvalue weighted by Gasteiger charge is 2.48. The van der Waals surface area contributed by atoms with Crippen LogP contribution in [0.4, 0.5) is 17.3 Å². The van der Waals surface area contributed by atoms with E-state index >= 15 is 0 Å². The molecule has 4 heterocycles. The second kappa shape index (κ2) is 9.12. The number of benzene rings is 1. The maximum atomic E-state index is 13.0. The molecule has 2 aliphatic rings. The average molecular weight is 477 g/mol. The minimum absolute atomic E-state index is 0.0264. The number of piperidine rings is 1. The molecule has 14 heteroatoms. The predicted molar refractivity (Wildman–Crippen MR) is 125 cm³/mol. The van der Waals surface area contributed by atoms with E-state index in [0.717, 1.165) is 0 Å². The van der Waals surface area contributed by atoms with Gasteiger partial charge >= 0.3 is 0 Å². The molecule has 2 saturated heterocycles. The number of aromatic nitrogens is 6. The van der Waals surface area contributed by atoms with Crippen LogP contribution in [-0.4, -0.2) is 73.6 Å². The van der Waals surface area contributed by atoms with Crippen molar-refractivity contribution in [2.75, 3.05) is 24.8 Å². The monoisotopic (exact) mass is 476 g/mol. The quantitative estimate of drug-likeness (QED) is 0.365. The Morgan fingerprint density at radius 2 is 2.11 bits per heavy atom. The van der Waals surface area contributed by atoms with E-state index in [1.54, 1.807) is 27.3 Å². The van der Waals surface area contributed by atoms with Crippen LogP contribution in [-0.2, 0) is 11.8 Å². The lowest BCUT2D eigenvalue weighted by atomic mass is 9.88. The first kappa shape index (κ1) is 22.4. The molecule has 0 saturated carbocycles. The minimum Gasteiger partial charge on any atom is -0.494 e. The van der Waals surface area contributed by atoms with Crippen LogP contribution in [0, 0.1) is 12.5 Å². The van der Waals surface area contributed by atoms with Gasteiger partial charge in [-0.05, 0) is 17.3 Å². The number of amides is 1. The van der Waals surface area contributed by atoms with Crippen molar-refractivity contribution in [2.45, 2.75) is 24.8 Å². The third-order valence-corrected chi connectivity index (χ3v) is 6.01. The number of methoxy groups -OCH3 is 1. The zero-order valence-electron chi connectivity index (χ0n) is 19.3. The average Bonchev–Trinajstić information content (AvgIpc) is 3.41. The van der Waals surface area contributed by atoms with Gasteiger partial charge in [-0.1, -0.05) is 12.6 Å². The Balaban J connectivity index is 1.44. The highest BCUT2D eigenvalue weighted by molar-refractivity contribution is 5.83. The number of para-hydroxylation sites is 1. The minimum atomic E-state index is -0.370. The normalized spacial score (nSPS) is 23.5. The summed E-state index contributed by atoms with van der Waals surface area (Å²) < 4.78 is 5.72. The molecular weight excluding hydrogens is 452 g/mol. The van der Waals surface area contributed by atoms with E-state index in [2.05, 4.69) is 51.6 Å². The number of nitrogens with zero attached hydrogens (tertiary/aromatic N) is 8. The molecule has 2 aliphatic heterocycles. The second-order valence-electron chi connectivity index (χ2n) is 8.24. The highest BCUT2D eigenvalue weighted by atomic mass is 16.5. The van der Waals surface area contributed by atoms with Crippen LogP contribution >= 0.6 is 0 Å². The Bertz CT molecular complexity index is 1290. The van der Waals surface area contributed by atoms with E-state index in [1.807, 2.05) is 18.2 Å². The number of fused-ring (bicyclic) bond motifs is 1. The lowest BCUT2D eigenvalue weighted by Gasteiger charge is -2.39. The summed E-state index contributed by atoms with van der Waals surface area (Å²) >= 11 is 0. The number of tetrazole rings is 1. The van der Waals surface area contributed by atoms with Crippen molar-refractivity contribution < 1.29 is 9.53 Å². The summed E-state index contributed by atoms with van der Waals surface area (Å²) in [5, 5.41) is 24.0. The summed E-state index contributed by atoms with van der Waals surface area (Å²) in [5.41, 5.74) is 4.57. The van der Waals surface area contributed by atoms with Crippen molar-refractivity contribution in [1.82, 2.24) is 45.9 Å². The molecule has 14 nitrogen and oxygen atoms in total. The first-order valence-electron chi connectivity index (χ1n) is 10.9.